The summed E-state index contributed by atoms with van der Waals surface area (Å²) < 4.78 is 43.2. The van der Waals surface area contributed by atoms with E-state index in [-0.39, 0.29) is 11.4 Å². The average Bonchev–Trinajstić information content (AvgIpc) is 3.17. The molecule has 4 aromatic rings. The van der Waals surface area contributed by atoms with Crippen molar-refractivity contribution in [1.29, 1.82) is 0 Å². The van der Waals surface area contributed by atoms with Gasteiger partial charge in [0, 0.05) is 28.0 Å². The van der Waals surface area contributed by atoms with Crippen molar-refractivity contribution in [2.75, 3.05) is 12.8 Å². The predicted molar refractivity (Wildman–Crippen MR) is 122 cm³/mol. The molecule has 1 N–H and O–H groups in total. The normalized spacial score (nSPS) is 17.0. The number of hydrogen-bond donors (Lipinski definition) is 1. The van der Waals surface area contributed by atoms with Crippen LogP contribution >= 0.6 is 11.8 Å². The van der Waals surface area contributed by atoms with Gasteiger partial charge in [-0.2, -0.15) is 4.31 Å². The summed E-state index contributed by atoms with van der Waals surface area (Å²) in [6, 6.07) is 20.9. The standard InChI is InChI=1S/C24H21FN2O2S2/c1-30-17-12-10-16(11-13-17)24-23-19(18-6-2-4-8-21(18)26-23)14-15-27(24)31(28,29)22-9-5-3-7-20(22)25/h2-13,24,26H,14-15H2,1H3/t24-/m0/s1. The van der Waals surface area contributed by atoms with Crippen LogP contribution in [-0.4, -0.2) is 30.5 Å². The monoisotopic (exact) mass is 452 g/mol. The number of sulfonamides is 1. The molecule has 1 atom stereocenters. The Morgan fingerprint density at radius 1 is 1.00 bits per heavy atom. The Morgan fingerprint density at radius 2 is 1.71 bits per heavy atom. The zero-order chi connectivity index (χ0) is 21.6. The fraction of sp³-hybridized carbons (Fsp3) is 0.167. The van der Waals surface area contributed by atoms with Crippen LogP contribution < -0.4 is 0 Å². The lowest BCUT2D eigenvalue weighted by molar-refractivity contribution is 0.338. The van der Waals surface area contributed by atoms with E-state index < -0.39 is 21.9 Å². The van der Waals surface area contributed by atoms with Crippen LogP contribution in [0.5, 0.6) is 0 Å². The molecule has 0 fully saturated rings. The molecule has 1 aliphatic rings. The van der Waals surface area contributed by atoms with Gasteiger partial charge in [-0.25, -0.2) is 12.8 Å². The molecule has 2 heterocycles. The summed E-state index contributed by atoms with van der Waals surface area (Å²) in [5.41, 5.74) is 3.80. The van der Waals surface area contributed by atoms with Gasteiger partial charge in [-0.3, -0.25) is 0 Å². The largest absolute Gasteiger partial charge is 0.357 e. The zero-order valence-corrected chi connectivity index (χ0v) is 18.5. The predicted octanol–water partition coefficient (Wildman–Crippen LogP) is 5.37. The first-order valence-corrected chi connectivity index (χ1v) is 12.7. The number of benzene rings is 3. The van der Waals surface area contributed by atoms with Crippen molar-refractivity contribution >= 4 is 32.7 Å². The summed E-state index contributed by atoms with van der Waals surface area (Å²) in [5.74, 6) is -0.735. The number of rotatable bonds is 4. The van der Waals surface area contributed by atoms with Gasteiger partial charge >= 0.3 is 0 Å². The van der Waals surface area contributed by atoms with Gasteiger partial charge in [0.05, 0.1) is 6.04 Å². The summed E-state index contributed by atoms with van der Waals surface area (Å²) in [5, 5.41) is 1.10. The van der Waals surface area contributed by atoms with E-state index in [9.17, 15) is 12.8 Å². The van der Waals surface area contributed by atoms with Crippen LogP contribution in [0.4, 0.5) is 4.39 Å². The van der Waals surface area contributed by atoms with E-state index in [2.05, 4.69) is 11.1 Å². The third kappa shape index (κ3) is 3.37. The summed E-state index contributed by atoms with van der Waals surface area (Å²) >= 11 is 1.63. The molecule has 158 valence electrons. The number of aromatic amines is 1. The third-order valence-corrected chi connectivity index (χ3v) is 8.49. The van der Waals surface area contributed by atoms with E-state index in [0.29, 0.717) is 6.42 Å². The Kier molecular flexibility index (Phi) is 5.12. The Bertz CT molecular complexity index is 1360. The Labute approximate surface area is 185 Å². The van der Waals surface area contributed by atoms with Crippen LogP contribution in [0.15, 0.2) is 82.6 Å². The van der Waals surface area contributed by atoms with Crippen LogP contribution in [0.2, 0.25) is 0 Å². The van der Waals surface area contributed by atoms with Gasteiger partial charge in [0.15, 0.2) is 0 Å². The first-order valence-electron chi connectivity index (χ1n) is 10.0. The van der Waals surface area contributed by atoms with E-state index in [1.807, 2.05) is 48.7 Å². The SMILES string of the molecule is CSc1ccc([C@H]2c3[nH]c4ccccc4c3CCN2S(=O)(=O)c2ccccc2F)cc1. The van der Waals surface area contributed by atoms with Crippen LogP contribution in [0.3, 0.4) is 0 Å². The minimum atomic E-state index is -4.05. The van der Waals surface area contributed by atoms with E-state index in [1.54, 1.807) is 17.8 Å². The number of nitrogens with zero attached hydrogens (tertiary/aromatic N) is 1. The minimum Gasteiger partial charge on any atom is -0.357 e. The molecule has 0 spiro atoms. The number of para-hydroxylation sites is 1. The average molecular weight is 453 g/mol. The highest BCUT2D eigenvalue weighted by Crippen LogP contribution is 2.41. The van der Waals surface area contributed by atoms with Gasteiger partial charge in [-0.05, 0) is 54.1 Å². The molecule has 0 saturated carbocycles. The number of aromatic nitrogens is 1. The lowest BCUT2D eigenvalue weighted by atomic mass is 9.94. The molecule has 4 nitrogen and oxygen atoms in total. The first-order chi connectivity index (χ1) is 15.0. The molecule has 0 amide bonds. The van der Waals surface area contributed by atoms with E-state index in [1.165, 1.54) is 22.5 Å². The second-order valence-electron chi connectivity index (χ2n) is 7.53. The molecular weight excluding hydrogens is 431 g/mol. The van der Waals surface area contributed by atoms with Crippen molar-refractivity contribution in [1.82, 2.24) is 9.29 Å². The molecular formula is C24H21FN2O2S2. The number of halogens is 1. The molecule has 5 rings (SSSR count). The highest BCUT2D eigenvalue weighted by molar-refractivity contribution is 7.98. The highest BCUT2D eigenvalue weighted by Gasteiger charge is 2.40. The number of hydrogen-bond acceptors (Lipinski definition) is 3. The highest BCUT2D eigenvalue weighted by atomic mass is 32.2. The van der Waals surface area contributed by atoms with Crippen molar-refractivity contribution in [2.24, 2.45) is 0 Å². The van der Waals surface area contributed by atoms with Crippen LogP contribution in [-0.2, 0) is 16.4 Å². The Hall–Kier alpha value is -2.61. The van der Waals surface area contributed by atoms with E-state index in [0.717, 1.165) is 32.6 Å². The van der Waals surface area contributed by atoms with Crippen molar-refractivity contribution in [3.05, 3.63) is 95.4 Å². The maximum atomic E-state index is 14.5. The van der Waals surface area contributed by atoms with Crippen molar-refractivity contribution in [2.45, 2.75) is 22.3 Å². The van der Waals surface area contributed by atoms with Gasteiger partial charge in [-0.1, -0.05) is 42.5 Å². The van der Waals surface area contributed by atoms with Gasteiger partial charge in [-0.15, -0.1) is 11.8 Å². The second kappa shape index (κ2) is 7.82. The van der Waals surface area contributed by atoms with Crippen molar-refractivity contribution < 1.29 is 12.8 Å². The molecule has 1 aromatic heterocycles. The number of H-pyrrole nitrogens is 1. The first kappa shape index (κ1) is 20.3. The molecule has 0 aliphatic carbocycles. The smallest absolute Gasteiger partial charge is 0.246 e. The molecule has 31 heavy (non-hydrogen) atoms. The third-order valence-electron chi connectivity index (χ3n) is 5.85. The van der Waals surface area contributed by atoms with Crippen LogP contribution in [0, 0.1) is 5.82 Å². The second-order valence-corrected chi connectivity index (χ2v) is 10.3. The number of thioether (sulfide) groups is 1. The quantitative estimate of drug-likeness (QED) is 0.424. The van der Waals surface area contributed by atoms with Gasteiger partial charge in [0.25, 0.3) is 0 Å². The topological polar surface area (TPSA) is 53.2 Å². The number of fused-ring (bicyclic) bond motifs is 3. The zero-order valence-electron chi connectivity index (χ0n) is 16.9. The maximum absolute atomic E-state index is 14.5. The minimum absolute atomic E-state index is 0.278. The van der Waals surface area contributed by atoms with E-state index >= 15 is 0 Å². The fourth-order valence-corrected chi connectivity index (χ4v) is 6.44. The lowest BCUT2D eigenvalue weighted by Gasteiger charge is -2.35. The molecule has 0 unspecified atom stereocenters. The number of nitrogens with one attached hydrogen (secondary N) is 1. The van der Waals surface area contributed by atoms with Crippen molar-refractivity contribution in [3.63, 3.8) is 0 Å². The van der Waals surface area contributed by atoms with Crippen LogP contribution in [0.1, 0.15) is 22.9 Å². The van der Waals surface area contributed by atoms with Crippen molar-refractivity contribution in [3.8, 4) is 0 Å². The Morgan fingerprint density at radius 3 is 2.45 bits per heavy atom. The summed E-state index contributed by atoms with van der Waals surface area (Å²) in [7, 11) is -4.05. The molecule has 7 heteroatoms. The molecule has 0 bridgehead atoms. The fourth-order valence-electron chi connectivity index (χ4n) is 4.38. The van der Waals surface area contributed by atoms with Gasteiger partial charge in [0.1, 0.15) is 10.7 Å². The molecule has 3 aromatic carbocycles. The molecule has 0 radical (unpaired) electrons. The lowest BCUT2D eigenvalue weighted by Crippen LogP contribution is -2.40. The van der Waals surface area contributed by atoms with E-state index in [4.69, 9.17) is 0 Å². The van der Waals surface area contributed by atoms with Gasteiger partial charge in [0.2, 0.25) is 10.0 Å². The summed E-state index contributed by atoms with van der Waals surface area (Å²) in [6.45, 7) is 0.278. The van der Waals surface area contributed by atoms with Crippen LogP contribution in [0.25, 0.3) is 10.9 Å². The Balaban J connectivity index is 1.71. The summed E-state index contributed by atoms with van der Waals surface area (Å²) in [4.78, 5) is 4.26. The maximum Gasteiger partial charge on any atom is 0.246 e. The molecule has 1 aliphatic heterocycles. The molecule has 0 saturated heterocycles. The summed E-state index contributed by atoms with van der Waals surface area (Å²) in [6.07, 6.45) is 2.56. The van der Waals surface area contributed by atoms with Gasteiger partial charge < -0.3 is 4.98 Å².